The van der Waals surface area contributed by atoms with Crippen LogP contribution < -0.4 is 15.8 Å². The van der Waals surface area contributed by atoms with Crippen LogP contribution in [-0.4, -0.2) is 25.7 Å². The van der Waals surface area contributed by atoms with E-state index in [0.29, 0.717) is 27.7 Å². The van der Waals surface area contributed by atoms with Gasteiger partial charge in [0.25, 0.3) is 11.8 Å². The summed E-state index contributed by atoms with van der Waals surface area (Å²) in [6.07, 6.45) is 5.05. The number of aryl methyl sites for hydroxylation is 1. The number of aromatic nitrogens is 4. The van der Waals surface area contributed by atoms with Crippen molar-refractivity contribution in [3.05, 3.63) is 77.7 Å². The van der Waals surface area contributed by atoms with Crippen molar-refractivity contribution in [1.29, 1.82) is 0 Å². The Morgan fingerprint density at radius 3 is 2.67 bits per heavy atom. The number of nitrogen functional groups attached to an aromatic ring is 1. The van der Waals surface area contributed by atoms with E-state index >= 15 is 0 Å². The molecule has 30 heavy (non-hydrogen) atoms. The van der Waals surface area contributed by atoms with Crippen molar-refractivity contribution < 1.29 is 9.53 Å². The topological polar surface area (TPSA) is 108 Å². The van der Waals surface area contributed by atoms with Crippen LogP contribution in [0.3, 0.4) is 0 Å². The summed E-state index contributed by atoms with van der Waals surface area (Å²) >= 11 is 5.94. The quantitative estimate of drug-likeness (QED) is 0.502. The lowest BCUT2D eigenvalue weighted by molar-refractivity contribution is 0.102. The number of anilines is 2. The van der Waals surface area contributed by atoms with Crippen LogP contribution in [0, 0.1) is 0 Å². The van der Waals surface area contributed by atoms with Gasteiger partial charge in [-0.25, -0.2) is 9.97 Å². The SMILES string of the molecule is Cn1cc(-c2cnc(N)c(Oc3ccc(C(=O)Nc4cccc(Cl)c4)cc3)n2)cn1. The lowest BCUT2D eigenvalue weighted by atomic mass is 10.2. The first kappa shape index (κ1) is 19.4. The van der Waals surface area contributed by atoms with Gasteiger partial charge in [-0.3, -0.25) is 9.48 Å². The highest BCUT2D eigenvalue weighted by molar-refractivity contribution is 6.30. The second-order valence-corrected chi connectivity index (χ2v) is 6.88. The Kier molecular flexibility index (Phi) is 5.32. The molecule has 3 N–H and O–H groups in total. The minimum Gasteiger partial charge on any atom is -0.436 e. The third-order valence-corrected chi connectivity index (χ3v) is 4.42. The Bertz CT molecular complexity index is 1210. The fourth-order valence-electron chi connectivity index (χ4n) is 2.70. The maximum absolute atomic E-state index is 12.4. The number of amides is 1. The number of halogens is 1. The number of nitrogens with zero attached hydrogens (tertiary/aromatic N) is 4. The van der Waals surface area contributed by atoms with Gasteiger partial charge in [-0.2, -0.15) is 5.10 Å². The zero-order chi connectivity index (χ0) is 21.1. The molecule has 4 rings (SSSR count). The first-order valence-electron chi connectivity index (χ1n) is 8.94. The zero-order valence-electron chi connectivity index (χ0n) is 15.9. The molecular weight excluding hydrogens is 404 g/mol. The van der Waals surface area contributed by atoms with Crippen molar-refractivity contribution in [2.45, 2.75) is 0 Å². The number of rotatable bonds is 5. The molecule has 0 aliphatic rings. The smallest absolute Gasteiger partial charge is 0.263 e. The van der Waals surface area contributed by atoms with Gasteiger partial charge in [-0.15, -0.1) is 0 Å². The summed E-state index contributed by atoms with van der Waals surface area (Å²) in [5.74, 6) is 0.540. The molecule has 2 aromatic heterocycles. The fraction of sp³-hybridized carbons (Fsp3) is 0.0476. The van der Waals surface area contributed by atoms with E-state index in [1.54, 1.807) is 65.6 Å². The Morgan fingerprint density at radius 2 is 1.97 bits per heavy atom. The molecule has 0 radical (unpaired) electrons. The van der Waals surface area contributed by atoms with Crippen molar-refractivity contribution >= 4 is 29.0 Å². The minimum atomic E-state index is -0.262. The average molecular weight is 421 g/mol. The Hall–Kier alpha value is -3.91. The van der Waals surface area contributed by atoms with E-state index in [4.69, 9.17) is 22.1 Å². The van der Waals surface area contributed by atoms with Gasteiger partial charge in [0.05, 0.1) is 18.1 Å². The predicted molar refractivity (Wildman–Crippen MR) is 115 cm³/mol. The van der Waals surface area contributed by atoms with E-state index in [1.165, 1.54) is 0 Å². The predicted octanol–water partition coefficient (Wildman–Crippen LogP) is 4.16. The van der Waals surface area contributed by atoms with Crippen LogP contribution in [0.4, 0.5) is 11.5 Å². The molecular formula is C21H17ClN6O2. The molecule has 0 bridgehead atoms. The zero-order valence-corrected chi connectivity index (χ0v) is 16.7. The third-order valence-electron chi connectivity index (χ3n) is 4.18. The van der Waals surface area contributed by atoms with Gasteiger partial charge in [0.15, 0.2) is 5.82 Å². The van der Waals surface area contributed by atoms with Gasteiger partial charge >= 0.3 is 0 Å². The lowest BCUT2D eigenvalue weighted by Gasteiger charge is -2.09. The molecule has 0 unspecified atom stereocenters. The highest BCUT2D eigenvalue weighted by Crippen LogP contribution is 2.27. The number of nitrogens with one attached hydrogen (secondary N) is 1. The van der Waals surface area contributed by atoms with E-state index in [-0.39, 0.29) is 17.6 Å². The van der Waals surface area contributed by atoms with Gasteiger partial charge in [-0.1, -0.05) is 17.7 Å². The first-order valence-corrected chi connectivity index (χ1v) is 9.32. The molecule has 8 nitrogen and oxygen atoms in total. The summed E-state index contributed by atoms with van der Waals surface area (Å²) in [7, 11) is 1.82. The van der Waals surface area contributed by atoms with Gasteiger partial charge in [0.1, 0.15) is 5.75 Å². The van der Waals surface area contributed by atoms with E-state index in [1.807, 2.05) is 13.2 Å². The highest BCUT2D eigenvalue weighted by Gasteiger charge is 2.12. The monoisotopic (exact) mass is 420 g/mol. The molecule has 0 aliphatic carbocycles. The largest absolute Gasteiger partial charge is 0.436 e. The van der Waals surface area contributed by atoms with E-state index in [9.17, 15) is 4.79 Å². The molecule has 0 saturated carbocycles. The second kappa shape index (κ2) is 8.22. The maximum Gasteiger partial charge on any atom is 0.263 e. The molecule has 150 valence electrons. The Labute approximate surface area is 177 Å². The van der Waals surface area contributed by atoms with Crippen molar-refractivity contribution in [3.63, 3.8) is 0 Å². The maximum atomic E-state index is 12.4. The van der Waals surface area contributed by atoms with Crippen molar-refractivity contribution in [3.8, 4) is 22.9 Å². The van der Waals surface area contributed by atoms with Gasteiger partial charge < -0.3 is 15.8 Å². The number of carbonyl (C=O) groups is 1. The number of nitrogens with two attached hydrogens (primary N) is 1. The van der Waals surface area contributed by atoms with Crippen LogP contribution in [0.5, 0.6) is 11.6 Å². The molecule has 1 amide bonds. The Morgan fingerprint density at radius 1 is 1.17 bits per heavy atom. The van der Waals surface area contributed by atoms with Crippen LogP contribution in [0.25, 0.3) is 11.3 Å². The summed E-state index contributed by atoms with van der Waals surface area (Å²) in [6, 6.07) is 13.5. The van der Waals surface area contributed by atoms with Crippen LogP contribution >= 0.6 is 11.6 Å². The van der Waals surface area contributed by atoms with E-state index < -0.39 is 0 Å². The molecule has 0 fully saturated rings. The highest BCUT2D eigenvalue weighted by atomic mass is 35.5. The number of benzene rings is 2. The molecule has 2 heterocycles. The summed E-state index contributed by atoms with van der Waals surface area (Å²) in [5.41, 5.74) is 8.36. The minimum absolute atomic E-state index is 0.158. The normalized spacial score (nSPS) is 10.6. The van der Waals surface area contributed by atoms with Crippen molar-refractivity contribution in [2.75, 3.05) is 11.1 Å². The third kappa shape index (κ3) is 4.39. The van der Waals surface area contributed by atoms with Gasteiger partial charge in [-0.05, 0) is 42.5 Å². The molecule has 0 atom stereocenters. The lowest BCUT2D eigenvalue weighted by Crippen LogP contribution is -2.11. The summed E-state index contributed by atoms with van der Waals surface area (Å²) in [4.78, 5) is 21.0. The van der Waals surface area contributed by atoms with Gasteiger partial charge in [0, 0.05) is 35.1 Å². The average Bonchev–Trinajstić information content (AvgIpc) is 3.16. The van der Waals surface area contributed by atoms with E-state index in [2.05, 4.69) is 20.4 Å². The van der Waals surface area contributed by atoms with E-state index in [0.717, 1.165) is 5.56 Å². The molecule has 2 aromatic carbocycles. The van der Waals surface area contributed by atoms with Crippen molar-refractivity contribution in [1.82, 2.24) is 19.7 Å². The van der Waals surface area contributed by atoms with Crippen LogP contribution in [0.15, 0.2) is 67.1 Å². The molecule has 9 heteroatoms. The summed E-state index contributed by atoms with van der Waals surface area (Å²) in [5, 5.41) is 7.46. The second-order valence-electron chi connectivity index (χ2n) is 6.44. The summed E-state index contributed by atoms with van der Waals surface area (Å²) < 4.78 is 7.44. The van der Waals surface area contributed by atoms with Crippen LogP contribution in [0.1, 0.15) is 10.4 Å². The van der Waals surface area contributed by atoms with Crippen molar-refractivity contribution in [2.24, 2.45) is 7.05 Å². The van der Waals surface area contributed by atoms with Crippen LogP contribution in [0.2, 0.25) is 5.02 Å². The number of ether oxygens (including phenoxy) is 1. The molecule has 0 aliphatic heterocycles. The fourth-order valence-corrected chi connectivity index (χ4v) is 2.89. The molecule has 0 saturated heterocycles. The van der Waals surface area contributed by atoms with Gasteiger partial charge in [0.2, 0.25) is 0 Å². The summed E-state index contributed by atoms with van der Waals surface area (Å²) in [6.45, 7) is 0. The van der Waals surface area contributed by atoms with Crippen LogP contribution in [-0.2, 0) is 7.05 Å². The first-order chi connectivity index (χ1) is 14.5. The number of hydrogen-bond acceptors (Lipinski definition) is 6. The molecule has 0 spiro atoms. The molecule has 4 aromatic rings. The Balaban J connectivity index is 1.49. The standard InChI is InChI=1S/C21H17ClN6O2/c1-28-12-14(10-25-28)18-11-24-19(23)21(27-18)30-17-7-5-13(6-8-17)20(29)26-16-4-2-3-15(22)9-16/h2-12H,1H3,(H2,23,24)(H,26,29). The number of hydrogen-bond donors (Lipinski definition) is 2. The number of carbonyl (C=O) groups excluding carboxylic acids is 1.